The quantitative estimate of drug-likeness (QED) is 0.809. The van der Waals surface area contributed by atoms with Crippen LogP contribution in [0.5, 0.6) is 0 Å². The fourth-order valence-corrected chi connectivity index (χ4v) is 1.51. The Labute approximate surface area is 89.7 Å². The molecule has 0 amide bonds. The third-order valence-electron chi connectivity index (χ3n) is 2.42. The summed E-state index contributed by atoms with van der Waals surface area (Å²) in [6, 6.07) is 4.73. The van der Waals surface area contributed by atoms with Crippen LogP contribution in [-0.2, 0) is 11.2 Å². The molecule has 0 saturated carbocycles. The van der Waals surface area contributed by atoms with Crippen LogP contribution in [0.25, 0.3) is 0 Å². The summed E-state index contributed by atoms with van der Waals surface area (Å²) in [7, 11) is 1.55. The maximum Gasteiger partial charge on any atom is 0.123 e. The standard InChI is InChI=1S/C12H17FO2/c1-9-3-5-11(13)7-10(9)4-6-12(14)8-15-2/h3,5,7,12,14H,4,6,8H2,1-2H3. The van der Waals surface area contributed by atoms with Gasteiger partial charge in [-0.15, -0.1) is 0 Å². The molecule has 0 aromatic heterocycles. The van der Waals surface area contributed by atoms with Gasteiger partial charge in [0.2, 0.25) is 0 Å². The number of aliphatic hydroxyl groups excluding tert-OH is 1. The van der Waals surface area contributed by atoms with Gasteiger partial charge in [0, 0.05) is 7.11 Å². The van der Waals surface area contributed by atoms with Gasteiger partial charge in [0.05, 0.1) is 12.7 Å². The van der Waals surface area contributed by atoms with Crippen molar-refractivity contribution < 1.29 is 14.2 Å². The smallest absolute Gasteiger partial charge is 0.123 e. The van der Waals surface area contributed by atoms with Crippen LogP contribution in [0.2, 0.25) is 0 Å². The van der Waals surface area contributed by atoms with E-state index in [9.17, 15) is 9.50 Å². The Bertz CT molecular complexity index is 312. The highest BCUT2D eigenvalue weighted by Crippen LogP contribution is 2.13. The Balaban J connectivity index is 2.53. The Morgan fingerprint density at radius 2 is 2.20 bits per heavy atom. The minimum absolute atomic E-state index is 0.225. The van der Waals surface area contributed by atoms with E-state index in [1.165, 1.54) is 12.1 Å². The van der Waals surface area contributed by atoms with E-state index in [1.54, 1.807) is 13.2 Å². The van der Waals surface area contributed by atoms with E-state index in [1.807, 2.05) is 6.92 Å². The summed E-state index contributed by atoms with van der Waals surface area (Å²) in [5.41, 5.74) is 2.01. The second-order valence-electron chi connectivity index (χ2n) is 3.72. The van der Waals surface area contributed by atoms with Crippen molar-refractivity contribution in [3.05, 3.63) is 35.1 Å². The van der Waals surface area contributed by atoms with Crippen LogP contribution in [0.15, 0.2) is 18.2 Å². The molecule has 1 aromatic rings. The number of hydrogen-bond donors (Lipinski definition) is 1. The molecule has 0 heterocycles. The molecular formula is C12H17FO2. The molecule has 3 heteroatoms. The lowest BCUT2D eigenvalue weighted by Gasteiger charge is -2.10. The number of aliphatic hydroxyl groups is 1. The van der Waals surface area contributed by atoms with Crippen LogP contribution >= 0.6 is 0 Å². The summed E-state index contributed by atoms with van der Waals surface area (Å²) in [6.07, 6.45) is 0.796. The fourth-order valence-electron chi connectivity index (χ4n) is 1.51. The van der Waals surface area contributed by atoms with Gasteiger partial charge in [-0.1, -0.05) is 6.07 Å². The van der Waals surface area contributed by atoms with Gasteiger partial charge in [0.1, 0.15) is 5.82 Å². The minimum Gasteiger partial charge on any atom is -0.391 e. The van der Waals surface area contributed by atoms with E-state index in [2.05, 4.69) is 0 Å². The van der Waals surface area contributed by atoms with Gasteiger partial charge in [-0.05, 0) is 43.0 Å². The molecule has 84 valence electrons. The summed E-state index contributed by atoms with van der Waals surface area (Å²) in [6.45, 7) is 2.27. The molecule has 0 aliphatic rings. The number of aryl methyl sites for hydroxylation is 2. The molecule has 2 nitrogen and oxygen atoms in total. The van der Waals surface area contributed by atoms with E-state index >= 15 is 0 Å². The van der Waals surface area contributed by atoms with Crippen LogP contribution in [0.1, 0.15) is 17.5 Å². The Hall–Kier alpha value is -0.930. The number of ether oxygens (including phenoxy) is 1. The monoisotopic (exact) mass is 212 g/mol. The molecule has 0 aliphatic heterocycles. The molecule has 0 spiro atoms. The topological polar surface area (TPSA) is 29.5 Å². The predicted molar refractivity (Wildman–Crippen MR) is 57.3 cm³/mol. The van der Waals surface area contributed by atoms with Gasteiger partial charge >= 0.3 is 0 Å². The summed E-state index contributed by atoms with van der Waals surface area (Å²) < 4.78 is 17.8. The zero-order valence-electron chi connectivity index (χ0n) is 9.16. The summed E-state index contributed by atoms with van der Waals surface area (Å²) >= 11 is 0. The Morgan fingerprint density at radius 3 is 2.87 bits per heavy atom. The van der Waals surface area contributed by atoms with Crippen LogP contribution in [-0.4, -0.2) is 24.9 Å². The van der Waals surface area contributed by atoms with Crippen molar-refractivity contribution in [2.24, 2.45) is 0 Å². The second-order valence-corrected chi connectivity index (χ2v) is 3.72. The number of benzene rings is 1. The maximum atomic E-state index is 12.9. The molecule has 15 heavy (non-hydrogen) atoms. The summed E-state index contributed by atoms with van der Waals surface area (Å²) in [5, 5.41) is 9.45. The molecule has 0 saturated heterocycles. The van der Waals surface area contributed by atoms with E-state index in [0.717, 1.165) is 11.1 Å². The maximum absolute atomic E-state index is 12.9. The average Bonchev–Trinajstić information content (AvgIpc) is 2.20. The van der Waals surface area contributed by atoms with Crippen LogP contribution in [0.3, 0.4) is 0 Å². The molecule has 0 fully saturated rings. The van der Waals surface area contributed by atoms with Crippen LogP contribution in [0.4, 0.5) is 4.39 Å². The summed E-state index contributed by atoms with van der Waals surface area (Å²) in [5.74, 6) is -0.225. The first-order chi connectivity index (χ1) is 7.13. The fraction of sp³-hybridized carbons (Fsp3) is 0.500. The number of methoxy groups -OCH3 is 1. The zero-order chi connectivity index (χ0) is 11.3. The third-order valence-corrected chi connectivity index (χ3v) is 2.42. The molecule has 1 rings (SSSR count). The first kappa shape index (κ1) is 12.1. The van der Waals surface area contributed by atoms with Gasteiger partial charge in [-0.2, -0.15) is 0 Å². The minimum atomic E-state index is -0.474. The molecule has 0 radical (unpaired) electrons. The Morgan fingerprint density at radius 1 is 1.47 bits per heavy atom. The first-order valence-corrected chi connectivity index (χ1v) is 5.05. The largest absolute Gasteiger partial charge is 0.391 e. The normalized spacial score (nSPS) is 12.8. The molecule has 0 bridgehead atoms. The predicted octanol–water partition coefficient (Wildman–Crippen LogP) is 2.07. The molecule has 1 atom stereocenters. The van der Waals surface area contributed by atoms with Crippen molar-refractivity contribution >= 4 is 0 Å². The lowest BCUT2D eigenvalue weighted by Crippen LogP contribution is -2.14. The molecule has 1 unspecified atom stereocenters. The lowest BCUT2D eigenvalue weighted by atomic mass is 10.0. The van der Waals surface area contributed by atoms with Crippen molar-refractivity contribution in [2.75, 3.05) is 13.7 Å². The van der Waals surface area contributed by atoms with Crippen molar-refractivity contribution in [1.82, 2.24) is 0 Å². The lowest BCUT2D eigenvalue weighted by molar-refractivity contribution is 0.0595. The van der Waals surface area contributed by atoms with Crippen molar-refractivity contribution in [2.45, 2.75) is 25.9 Å². The van der Waals surface area contributed by atoms with Gasteiger partial charge in [0.25, 0.3) is 0 Å². The van der Waals surface area contributed by atoms with Crippen molar-refractivity contribution in [3.63, 3.8) is 0 Å². The van der Waals surface area contributed by atoms with Gasteiger partial charge < -0.3 is 9.84 Å². The van der Waals surface area contributed by atoms with Gasteiger partial charge in [-0.25, -0.2) is 4.39 Å². The Kier molecular flexibility index (Phi) is 4.72. The number of hydrogen-bond acceptors (Lipinski definition) is 2. The highest BCUT2D eigenvalue weighted by molar-refractivity contribution is 5.26. The number of halogens is 1. The van der Waals surface area contributed by atoms with E-state index in [4.69, 9.17) is 4.74 Å². The molecular weight excluding hydrogens is 195 g/mol. The average molecular weight is 212 g/mol. The van der Waals surface area contributed by atoms with Gasteiger partial charge in [-0.3, -0.25) is 0 Å². The highest BCUT2D eigenvalue weighted by Gasteiger charge is 2.06. The van der Waals surface area contributed by atoms with E-state index < -0.39 is 6.10 Å². The number of rotatable bonds is 5. The van der Waals surface area contributed by atoms with E-state index in [-0.39, 0.29) is 5.82 Å². The molecule has 0 aliphatic carbocycles. The SMILES string of the molecule is COCC(O)CCc1cc(F)ccc1C. The van der Waals surface area contributed by atoms with Crippen molar-refractivity contribution in [1.29, 1.82) is 0 Å². The zero-order valence-corrected chi connectivity index (χ0v) is 9.16. The third kappa shape index (κ3) is 3.98. The second kappa shape index (κ2) is 5.83. The highest BCUT2D eigenvalue weighted by atomic mass is 19.1. The van der Waals surface area contributed by atoms with E-state index in [0.29, 0.717) is 19.4 Å². The molecule has 1 N–H and O–H groups in total. The first-order valence-electron chi connectivity index (χ1n) is 5.05. The van der Waals surface area contributed by atoms with Crippen molar-refractivity contribution in [3.8, 4) is 0 Å². The van der Waals surface area contributed by atoms with Crippen LogP contribution < -0.4 is 0 Å². The van der Waals surface area contributed by atoms with Gasteiger partial charge in [0.15, 0.2) is 0 Å². The summed E-state index contributed by atoms with van der Waals surface area (Å²) in [4.78, 5) is 0. The van der Waals surface area contributed by atoms with Crippen LogP contribution in [0, 0.1) is 12.7 Å². The molecule has 1 aromatic carbocycles.